The molecule has 0 atom stereocenters. The smallest absolute Gasteiger partial charge is 0.259 e. The zero-order valence-electron chi connectivity index (χ0n) is 11.2. The molecule has 3 rings (SSSR count). The largest absolute Gasteiger partial charge is 0.480 e. The summed E-state index contributed by atoms with van der Waals surface area (Å²) in [5.41, 5.74) is 0.468. The van der Waals surface area contributed by atoms with Crippen molar-refractivity contribution in [1.29, 1.82) is 0 Å². The minimum absolute atomic E-state index is 0.0950. The zero-order valence-corrected chi connectivity index (χ0v) is 11.2. The Labute approximate surface area is 115 Å². The molecule has 3 heterocycles. The molecule has 1 aliphatic rings. The highest BCUT2D eigenvalue weighted by atomic mass is 16.5. The van der Waals surface area contributed by atoms with Crippen molar-refractivity contribution in [2.24, 2.45) is 0 Å². The Morgan fingerprint density at radius 1 is 1.50 bits per heavy atom. The number of likely N-dealkylation sites (tertiary alicyclic amines) is 1. The summed E-state index contributed by atoms with van der Waals surface area (Å²) in [4.78, 5) is 22.2. The molecular weight excluding hydrogens is 260 g/mol. The number of ether oxygens (including phenoxy) is 1. The van der Waals surface area contributed by atoms with Crippen LogP contribution in [0.4, 0.5) is 0 Å². The van der Waals surface area contributed by atoms with Gasteiger partial charge in [0.15, 0.2) is 5.82 Å². The molecule has 0 aromatic carbocycles. The van der Waals surface area contributed by atoms with E-state index in [0.717, 1.165) is 0 Å². The molecule has 104 valence electrons. The minimum Gasteiger partial charge on any atom is -0.480 e. The lowest BCUT2D eigenvalue weighted by Gasteiger charge is -2.37. The molecule has 1 aliphatic heterocycles. The number of amides is 1. The number of rotatable bonds is 3. The highest BCUT2D eigenvalue weighted by molar-refractivity contribution is 5.96. The van der Waals surface area contributed by atoms with Crippen LogP contribution in [0.1, 0.15) is 28.0 Å². The van der Waals surface area contributed by atoms with Crippen molar-refractivity contribution in [3.63, 3.8) is 0 Å². The van der Waals surface area contributed by atoms with Crippen molar-refractivity contribution in [3.05, 3.63) is 35.6 Å². The number of hydrogen-bond acceptors (Lipinski definition) is 6. The topological polar surface area (TPSA) is 81.4 Å². The molecule has 0 spiro atoms. The lowest BCUT2D eigenvalue weighted by atomic mass is 9.99. The van der Waals surface area contributed by atoms with Gasteiger partial charge in [0.05, 0.1) is 13.0 Å². The van der Waals surface area contributed by atoms with Gasteiger partial charge in [-0.15, -0.1) is 0 Å². The van der Waals surface area contributed by atoms with Gasteiger partial charge in [0.1, 0.15) is 5.56 Å². The first-order chi connectivity index (χ1) is 9.69. The Kier molecular flexibility index (Phi) is 3.09. The van der Waals surface area contributed by atoms with Crippen LogP contribution in [-0.2, 0) is 0 Å². The summed E-state index contributed by atoms with van der Waals surface area (Å²) in [6, 6.07) is 3.42. The van der Waals surface area contributed by atoms with Gasteiger partial charge >= 0.3 is 0 Å². The molecule has 2 aromatic rings. The summed E-state index contributed by atoms with van der Waals surface area (Å²) in [6.45, 7) is 2.91. The number of methoxy groups -OCH3 is 1. The Bertz CT molecular complexity index is 634. The van der Waals surface area contributed by atoms with Gasteiger partial charge in [-0.25, -0.2) is 4.98 Å². The summed E-state index contributed by atoms with van der Waals surface area (Å²) in [6.07, 6.45) is 1.59. The van der Waals surface area contributed by atoms with E-state index in [1.807, 2.05) is 0 Å². The van der Waals surface area contributed by atoms with Crippen LogP contribution in [0, 0.1) is 6.92 Å². The van der Waals surface area contributed by atoms with Gasteiger partial charge in [-0.1, -0.05) is 5.16 Å². The van der Waals surface area contributed by atoms with Crippen molar-refractivity contribution in [2.75, 3.05) is 20.2 Å². The number of hydrogen-bond donors (Lipinski definition) is 0. The van der Waals surface area contributed by atoms with Crippen LogP contribution in [-0.4, -0.2) is 46.1 Å². The third kappa shape index (κ3) is 2.11. The highest BCUT2D eigenvalue weighted by Crippen LogP contribution is 2.28. The molecular formula is C13H14N4O3. The van der Waals surface area contributed by atoms with Crippen molar-refractivity contribution >= 4 is 5.91 Å². The maximum absolute atomic E-state index is 12.3. The number of aryl methyl sites for hydroxylation is 1. The summed E-state index contributed by atoms with van der Waals surface area (Å²) in [5, 5.41) is 3.76. The molecule has 1 fully saturated rings. The molecule has 0 N–H and O–H groups in total. The van der Waals surface area contributed by atoms with Crippen molar-refractivity contribution in [3.8, 4) is 5.88 Å². The van der Waals surface area contributed by atoms with E-state index in [-0.39, 0.29) is 11.8 Å². The normalized spacial score (nSPS) is 15.0. The average molecular weight is 274 g/mol. The Hall–Kier alpha value is -2.44. The first-order valence-corrected chi connectivity index (χ1v) is 6.27. The molecule has 0 saturated carbocycles. The molecule has 0 radical (unpaired) electrons. The fourth-order valence-corrected chi connectivity index (χ4v) is 2.17. The summed E-state index contributed by atoms with van der Waals surface area (Å²) in [5.74, 6) is 1.56. The van der Waals surface area contributed by atoms with Gasteiger partial charge < -0.3 is 14.2 Å². The molecule has 0 unspecified atom stereocenters. The second kappa shape index (κ2) is 4.92. The lowest BCUT2D eigenvalue weighted by Crippen LogP contribution is -2.48. The monoisotopic (exact) mass is 274 g/mol. The standard InChI is InChI=1S/C13H14N4O3/c1-8-15-11(20-16-8)9-6-17(7-9)13(18)10-4-3-5-14-12(10)19-2/h3-5,9H,6-7H2,1-2H3. The number of pyridine rings is 1. The van der Waals surface area contributed by atoms with Gasteiger partial charge in [0.25, 0.3) is 5.91 Å². The quantitative estimate of drug-likeness (QED) is 0.831. The summed E-state index contributed by atoms with van der Waals surface area (Å²) >= 11 is 0. The summed E-state index contributed by atoms with van der Waals surface area (Å²) < 4.78 is 10.2. The second-order valence-corrected chi connectivity index (χ2v) is 4.65. The maximum Gasteiger partial charge on any atom is 0.259 e. The van der Waals surface area contributed by atoms with Gasteiger partial charge in [-0.05, 0) is 19.1 Å². The first kappa shape index (κ1) is 12.6. The Morgan fingerprint density at radius 3 is 2.95 bits per heavy atom. The lowest BCUT2D eigenvalue weighted by molar-refractivity contribution is 0.0565. The van der Waals surface area contributed by atoms with Crippen LogP contribution in [0.3, 0.4) is 0 Å². The fourth-order valence-electron chi connectivity index (χ4n) is 2.17. The van der Waals surface area contributed by atoms with E-state index in [9.17, 15) is 4.79 Å². The number of carbonyl (C=O) groups is 1. The first-order valence-electron chi connectivity index (χ1n) is 6.27. The highest BCUT2D eigenvalue weighted by Gasteiger charge is 2.36. The van der Waals surface area contributed by atoms with Gasteiger partial charge in [-0.3, -0.25) is 4.79 Å². The molecule has 7 nitrogen and oxygen atoms in total. The Morgan fingerprint density at radius 2 is 2.30 bits per heavy atom. The molecule has 1 amide bonds. The molecule has 20 heavy (non-hydrogen) atoms. The predicted octanol–water partition coefficient (Wildman–Crippen LogP) is 1.02. The van der Waals surface area contributed by atoms with E-state index >= 15 is 0 Å². The van der Waals surface area contributed by atoms with E-state index in [1.54, 1.807) is 30.2 Å². The van der Waals surface area contributed by atoms with Crippen LogP contribution in [0.5, 0.6) is 5.88 Å². The van der Waals surface area contributed by atoms with E-state index in [1.165, 1.54) is 7.11 Å². The van der Waals surface area contributed by atoms with Crippen LogP contribution in [0.2, 0.25) is 0 Å². The van der Waals surface area contributed by atoms with Crippen LogP contribution >= 0.6 is 0 Å². The van der Waals surface area contributed by atoms with Crippen LogP contribution < -0.4 is 4.74 Å². The van der Waals surface area contributed by atoms with E-state index < -0.39 is 0 Å². The molecule has 0 bridgehead atoms. The molecule has 1 saturated heterocycles. The van der Waals surface area contributed by atoms with Gasteiger partial charge in [-0.2, -0.15) is 4.98 Å². The molecule has 7 heteroatoms. The van der Waals surface area contributed by atoms with Crippen molar-refractivity contribution < 1.29 is 14.1 Å². The third-order valence-corrected chi connectivity index (χ3v) is 3.26. The van der Waals surface area contributed by atoms with Crippen LogP contribution in [0.15, 0.2) is 22.9 Å². The maximum atomic E-state index is 12.3. The van der Waals surface area contributed by atoms with E-state index in [2.05, 4.69) is 15.1 Å². The minimum atomic E-state index is -0.0950. The van der Waals surface area contributed by atoms with E-state index in [4.69, 9.17) is 9.26 Å². The van der Waals surface area contributed by atoms with Gasteiger partial charge in [0, 0.05) is 19.3 Å². The fraction of sp³-hybridized carbons (Fsp3) is 0.385. The van der Waals surface area contributed by atoms with Crippen molar-refractivity contribution in [2.45, 2.75) is 12.8 Å². The second-order valence-electron chi connectivity index (χ2n) is 4.65. The summed E-state index contributed by atoms with van der Waals surface area (Å²) in [7, 11) is 1.50. The number of nitrogens with zero attached hydrogens (tertiary/aromatic N) is 4. The Balaban J connectivity index is 1.69. The predicted molar refractivity (Wildman–Crippen MR) is 68.5 cm³/mol. The molecule has 0 aliphatic carbocycles. The number of aromatic nitrogens is 3. The van der Waals surface area contributed by atoms with Crippen molar-refractivity contribution in [1.82, 2.24) is 20.0 Å². The zero-order chi connectivity index (χ0) is 14.1. The average Bonchev–Trinajstić information content (AvgIpc) is 2.83. The molecule has 2 aromatic heterocycles. The third-order valence-electron chi connectivity index (χ3n) is 3.26. The number of carbonyl (C=O) groups excluding carboxylic acids is 1. The van der Waals surface area contributed by atoms with Gasteiger partial charge in [0.2, 0.25) is 11.8 Å². The van der Waals surface area contributed by atoms with E-state index in [0.29, 0.717) is 36.2 Å². The van der Waals surface area contributed by atoms with Crippen LogP contribution in [0.25, 0.3) is 0 Å². The SMILES string of the molecule is COc1ncccc1C(=O)N1CC(c2nc(C)no2)C1.